The van der Waals surface area contributed by atoms with Gasteiger partial charge in [-0.05, 0) is 40.3 Å². The van der Waals surface area contributed by atoms with Crippen LogP contribution in [0.1, 0.15) is 39.2 Å². The Morgan fingerprint density at radius 2 is 1.10 bits per heavy atom. The zero-order valence-electron chi connectivity index (χ0n) is 26.0. The Morgan fingerprint density at radius 3 is 1.50 bits per heavy atom. The number of esters is 2. The molecule has 0 unspecified atom stereocenters. The van der Waals surface area contributed by atoms with Crippen molar-refractivity contribution in [2.45, 2.75) is 37.6 Å². The van der Waals surface area contributed by atoms with Gasteiger partial charge in [0.25, 0.3) is 0 Å². The number of halogens is 4. The fraction of sp³-hybridized carbons (Fsp3) is 0.206. The molecule has 1 heterocycles. The minimum Gasteiger partial charge on any atom is -0.460 e. The summed E-state index contributed by atoms with van der Waals surface area (Å²) >= 11 is 0. The Bertz CT molecular complexity index is 1890. The molecule has 0 aliphatic rings. The molecule has 0 saturated carbocycles. The first-order valence-electron chi connectivity index (χ1n) is 14.9. The molecule has 16 heteroatoms. The number of ether oxygens (including phenoxy) is 2. The Hall–Kier alpha value is -5.24. The number of alkyl halides is 4. The van der Waals surface area contributed by atoms with Gasteiger partial charge in [0.1, 0.15) is 13.2 Å². The zero-order chi connectivity index (χ0) is 36.0. The van der Waals surface area contributed by atoms with Crippen molar-refractivity contribution in [3.05, 3.63) is 148 Å². The highest BCUT2D eigenvalue weighted by Crippen LogP contribution is 2.59. The second-order valence-corrected chi connectivity index (χ2v) is 13.0. The minimum absolute atomic E-state index is 0.129. The third kappa shape index (κ3) is 7.96. The van der Waals surface area contributed by atoms with E-state index in [0.29, 0.717) is 11.1 Å². The third-order valence-electron chi connectivity index (χ3n) is 7.83. The largest absolute Gasteiger partial charge is 0.460 e. The molecule has 0 aliphatic carbocycles. The van der Waals surface area contributed by atoms with Crippen LogP contribution in [0.15, 0.2) is 109 Å². The van der Waals surface area contributed by atoms with Crippen LogP contribution >= 0.6 is 7.60 Å². The van der Waals surface area contributed by atoms with Crippen LogP contribution in [-0.2, 0) is 61.3 Å². The van der Waals surface area contributed by atoms with Crippen molar-refractivity contribution < 1.29 is 51.0 Å². The molecular weight excluding hydrogens is 683 g/mol. The van der Waals surface area contributed by atoms with Crippen molar-refractivity contribution in [3.8, 4) is 0 Å². The molecule has 4 aromatic carbocycles. The number of tetrazole rings is 1. The number of aromatic amines is 1. The summed E-state index contributed by atoms with van der Waals surface area (Å²) in [6, 6.07) is 25.5. The van der Waals surface area contributed by atoms with Gasteiger partial charge in [-0.15, -0.1) is 10.2 Å². The van der Waals surface area contributed by atoms with Crippen LogP contribution in [0, 0.1) is 5.41 Å². The molecule has 11 nitrogen and oxygen atoms in total. The van der Waals surface area contributed by atoms with Gasteiger partial charge in [0.15, 0.2) is 5.41 Å². The number of carbonyl (C=O) groups is 2. The van der Waals surface area contributed by atoms with E-state index in [4.69, 9.17) is 9.47 Å². The van der Waals surface area contributed by atoms with Gasteiger partial charge in [-0.3, -0.25) is 14.2 Å². The number of benzene rings is 4. The molecule has 0 amide bonds. The Labute approximate surface area is 282 Å². The van der Waals surface area contributed by atoms with Gasteiger partial charge in [-0.25, -0.2) is 0 Å². The fourth-order valence-corrected chi connectivity index (χ4v) is 5.59. The van der Waals surface area contributed by atoms with Gasteiger partial charge in [-0.2, -0.15) is 22.8 Å². The van der Waals surface area contributed by atoms with E-state index in [2.05, 4.69) is 15.4 Å². The molecule has 0 bridgehead atoms. The fourth-order valence-electron chi connectivity index (χ4n) is 5.10. The second-order valence-electron chi connectivity index (χ2n) is 11.3. The molecule has 5 aromatic rings. The summed E-state index contributed by atoms with van der Waals surface area (Å²) in [5, 5.41) is 11.8. The van der Waals surface area contributed by atoms with Crippen molar-refractivity contribution >= 4 is 19.5 Å². The van der Waals surface area contributed by atoms with E-state index >= 15 is 8.78 Å². The first-order chi connectivity index (χ1) is 23.7. The predicted molar refractivity (Wildman–Crippen MR) is 168 cm³/mol. The van der Waals surface area contributed by atoms with Crippen LogP contribution in [0.3, 0.4) is 0 Å². The van der Waals surface area contributed by atoms with E-state index < -0.39 is 66.3 Å². The lowest BCUT2D eigenvalue weighted by molar-refractivity contribution is -0.174. The molecular formula is C34H29F4N4O7P. The lowest BCUT2D eigenvalue weighted by atomic mass is 9.76. The summed E-state index contributed by atoms with van der Waals surface area (Å²) in [5.74, 6) is -6.61. The Balaban J connectivity index is 1.54. The maximum atomic E-state index is 15.0. The highest BCUT2D eigenvalue weighted by Gasteiger charge is 2.52. The number of H-pyrrole nitrogens is 1. The van der Waals surface area contributed by atoms with Crippen LogP contribution in [0.5, 0.6) is 0 Å². The average molecular weight is 713 g/mol. The molecule has 260 valence electrons. The average Bonchev–Trinajstić information content (AvgIpc) is 3.67. The maximum Gasteiger partial charge on any atom is 0.399 e. The molecule has 0 saturated heterocycles. The van der Waals surface area contributed by atoms with Gasteiger partial charge in [0, 0.05) is 11.1 Å². The summed E-state index contributed by atoms with van der Waals surface area (Å²) in [5.41, 5.74) is -6.66. The first kappa shape index (κ1) is 36.1. The quantitative estimate of drug-likeness (QED) is 0.0553. The molecule has 0 fully saturated rings. The van der Waals surface area contributed by atoms with Crippen LogP contribution in [0.4, 0.5) is 17.6 Å². The number of hydrogen-bond donors (Lipinski definition) is 3. The van der Waals surface area contributed by atoms with Crippen LogP contribution in [0.25, 0.3) is 0 Å². The molecule has 0 aliphatic heterocycles. The smallest absolute Gasteiger partial charge is 0.399 e. The van der Waals surface area contributed by atoms with Gasteiger partial charge in [0.05, 0.1) is 0 Å². The highest BCUT2D eigenvalue weighted by molar-refractivity contribution is 7.52. The summed E-state index contributed by atoms with van der Waals surface area (Å²) in [6.45, 7) is -0.507. The number of aromatic nitrogens is 4. The molecule has 50 heavy (non-hydrogen) atoms. The first-order valence-corrected chi connectivity index (χ1v) is 16.5. The van der Waals surface area contributed by atoms with E-state index in [1.807, 2.05) is 5.21 Å². The number of hydrogen-bond acceptors (Lipinski definition) is 8. The van der Waals surface area contributed by atoms with Gasteiger partial charge >= 0.3 is 31.1 Å². The normalized spacial score (nSPS) is 12.4. The number of nitrogens with zero attached hydrogens (tertiary/aromatic N) is 3. The summed E-state index contributed by atoms with van der Waals surface area (Å²) in [4.78, 5) is 46.6. The van der Waals surface area contributed by atoms with E-state index in [9.17, 15) is 32.7 Å². The SMILES string of the molecule is O=C(OCc1ccccc1)C(Cc1ccc(C(F)(F)c2nn[nH]n2)cc1)(Cc1ccc(C(F)(F)P(=O)(O)O)cc1)C(=O)OCc1ccccc1. The van der Waals surface area contributed by atoms with Crippen molar-refractivity contribution in [1.82, 2.24) is 20.6 Å². The third-order valence-corrected chi connectivity index (χ3v) is 8.82. The number of rotatable bonds is 14. The highest BCUT2D eigenvalue weighted by atomic mass is 31.2. The molecule has 3 N–H and O–H groups in total. The van der Waals surface area contributed by atoms with Gasteiger partial charge < -0.3 is 19.3 Å². The lowest BCUT2D eigenvalue weighted by Gasteiger charge is -2.30. The molecule has 5 rings (SSSR count). The molecule has 0 radical (unpaired) electrons. The van der Waals surface area contributed by atoms with Crippen molar-refractivity contribution in [2.24, 2.45) is 5.41 Å². The van der Waals surface area contributed by atoms with Crippen LogP contribution in [-0.4, -0.2) is 42.3 Å². The number of carbonyl (C=O) groups excluding carboxylic acids is 2. The Kier molecular flexibility index (Phi) is 10.6. The maximum absolute atomic E-state index is 15.0. The topological polar surface area (TPSA) is 165 Å². The molecule has 0 spiro atoms. The minimum atomic E-state index is -5.88. The molecule has 0 atom stereocenters. The van der Waals surface area contributed by atoms with Crippen molar-refractivity contribution in [2.75, 3.05) is 0 Å². The standard InChI is InChI=1S/C34H29F4N4O7P/c35-33(36,29-39-41-42-40-29)27-15-11-23(12-16-27)19-32(30(43)48-21-25-7-3-1-4-8-25,31(44)49-22-26-9-5-2-6-10-26)20-24-13-17-28(18-14-24)34(37,38)50(45,46)47/h1-18H,19-22H2,(H2,45,46,47)(H,39,40,41,42). The van der Waals surface area contributed by atoms with Crippen LogP contribution < -0.4 is 0 Å². The monoisotopic (exact) mass is 712 g/mol. The van der Waals surface area contributed by atoms with Crippen LogP contribution in [0.2, 0.25) is 0 Å². The summed E-state index contributed by atoms with van der Waals surface area (Å²) in [6.07, 6.45) is -0.931. The lowest BCUT2D eigenvalue weighted by Crippen LogP contribution is -2.45. The van der Waals surface area contributed by atoms with E-state index in [1.165, 1.54) is 12.1 Å². The summed E-state index contributed by atoms with van der Waals surface area (Å²) < 4.78 is 81.6. The molecule has 1 aromatic heterocycles. The van der Waals surface area contributed by atoms with E-state index in [-0.39, 0.29) is 24.3 Å². The second kappa shape index (κ2) is 14.7. The Morgan fingerprint density at radius 1 is 0.660 bits per heavy atom. The summed E-state index contributed by atoms with van der Waals surface area (Å²) in [7, 11) is -5.88. The predicted octanol–water partition coefficient (Wildman–Crippen LogP) is 5.83. The zero-order valence-corrected chi connectivity index (χ0v) is 26.9. The number of nitrogens with one attached hydrogen (secondary N) is 1. The van der Waals surface area contributed by atoms with Crippen molar-refractivity contribution in [1.29, 1.82) is 0 Å². The van der Waals surface area contributed by atoms with Crippen molar-refractivity contribution in [3.63, 3.8) is 0 Å². The van der Waals surface area contributed by atoms with Gasteiger partial charge in [0.2, 0.25) is 5.82 Å². The van der Waals surface area contributed by atoms with E-state index in [0.717, 1.165) is 36.4 Å². The van der Waals surface area contributed by atoms with Gasteiger partial charge in [-0.1, -0.05) is 109 Å². The van der Waals surface area contributed by atoms with E-state index in [1.54, 1.807) is 60.7 Å².